The summed E-state index contributed by atoms with van der Waals surface area (Å²) in [5.41, 5.74) is 3.05. The zero-order valence-electron chi connectivity index (χ0n) is 15.2. The third-order valence-electron chi connectivity index (χ3n) is 4.57. The van der Waals surface area contributed by atoms with Gasteiger partial charge in [0, 0.05) is 11.9 Å². The van der Waals surface area contributed by atoms with Crippen molar-refractivity contribution in [2.45, 2.75) is 13.5 Å². The number of hydrogen-bond acceptors (Lipinski definition) is 2. The summed E-state index contributed by atoms with van der Waals surface area (Å²) in [4.78, 5) is 26.2. The molecule has 140 valence electrons. The summed E-state index contributed by atoms with van der Waals surface area (Å²) >= 11 is 0. The number of imide groups is 1. The van der Waals surface area contributed by atoms with Crippen LogP contribution in [-0.4, -0.2) is 21.4 Å². The molecule has 4 rings (SSSR count). The molecule has 0 saturated carbocycles. The van der Waals surface area contributed by atoms with E-state index in [0.717, 1.165) is 16.0 Å². The summed E-state index contributed by atoms with van der Waals surface area (Å²) in [5, 5.41) is 2.61. The molecule has 1 fully saturated rings. The minimum absolute atomic E-state index is 0.161. The van der Waals surface area contributed by atoms with Crippen LogP contribution in [0.3, 0.4) is 0 Å². The lowest BCUT2D eigenvalue weighted by Crippen LogP contribution is -2.30. The number of hydrogen-bond donors (Lipinski definition) is 1. The van der Waals surface area contributed by atoms with Crippen molar-refractivity contribution in [2.75, 3.05) is 0 Å². The van der Waals surface area contributed by atoms with Gasteiger partial charge in [-0.1, -0.05) is 42.0 Å². The van der Waals surface area contributed by atoms with Gasteiger partial charge < -0.3 is 9.88 Å². The molecule has 0 bridgehead atoms. The first-order valence-corrected chi connectivity index (χ1v) is 8.85. The first-order valence-electron chi connectivity index (χ1n) is 8.85. The highest BCUT2D eigenvalue weighted by atomic mass is 19.1. The SMILES string of the molecule is Cc1cccc(CN2C(=O)N/C(=C/c3cccn3-c3ccccc3F)C2=O)c1. The molecule has 1 aliphatic rings. The second kappa shape index (κ2) is 7.15. The van der Waals surface area contributed by atoms with Crippen LogP contribution >= 0.6 is 0 Å². The summed E-state index contributed by atoms with van der Waals surface area (Å²) in [6, 6.07) is 17.1. The van der Waals surface area contributed by atoms with Crippen molar-refractivity contribution in [3.8, 4) is 5.69 Å². The highest BCUT2D eigenvalue weighted by Crippen LogP contribution is 2.21. The number of nitrogens with zero attached hydrogens (tertiary/aromatic N) is 2. The topological polar surface area (TPSA) is 54.3 Å². The Bertz CT molecular complexity index is 1100. The Labute approximate surface area is 161 Å². The van der Waals surface area contributed by atoms with E-state index < -0.39 is 11.9 Å². The Balaban J connectivity index is 1.62. The van der Waals surface area contributed by atoms with E-state index in [1.807, 2.05) is 31.2 Å². The van der Waals surface area contributed by atoms with E-state index in [2.05, 4.69) is 5.32 Å². The minimum atomic E-state index is -0.471. The summed E-state index contributed by atoms with van der Waals surface area (Å²) < 4.78 is 15.8. The average Bonchev–Trinajstić information content (AvgIpc) is 3.22. The van der Waals surface area contributed by atoms with Gasteiger partial charge in [0.2, 0.25) is 0 Å². The summed E-state index contributed by atoms with van der Waals surface area (Å²) in [7, 11) is 0. The Morgan fingerprint density at radius 1 is 1.04 bits per heavy atom. The number of carbonyl (C=O) groups is 2. The fourth-order valence-electron chi connectivity index (χ4n) is 3.23. The van der Waals surface area contributed by atoms with Gasteiger partial charge in [-0.3, -0.25) is 9.69 Å². The Hall–Kier alpha value is -3.67. The molecule has 1 saturated heterocycles. The lowest BCUT2D eigenvalue weighted by molar-refractivity contribution is -0.123. The number of amides is 3. The van der Waals surface area contributed by atoms with Crippen LogP contribution in [-0.2, 0) is 11.3 Å². The lowest BCUT2D eigenvalue weighted by atomic mass is 10.1. The molecule has 6 heteroatoms. The van der Waals surface area contributed by atoms with Crippen LogP contribution in [0.2, 0.25) is 0 Å². The molecule has 0 atom stereocenters. The van der Waals surface area contributed by atoms with Gasteiger partial charge in [-0.2, -0.15) is 0 Å². The van der Waals surface area contributed by atoms with E-state index in [9.17, 15) is 14.0 Å². The molecule has 2 aromatic carbocycles. The molecular weight excluding hydrogens is 357 g/mol. The number of benzene rings is 2. The van der Waals surface area contributed by atoms with Gasteiger partial charge in [0.25, 0.3) is 5.91 Å². The standard InChI is InChI=1S/C22H18FN3O2/c1-15-6-4-7-16(12-15)14-26-21(27)19(24-22(26)28)13-17-8-5-11-25(17)20-10-3-2-9-18(20)23/h2-13H,14H2,1H3,(H,24,28)/b19-13+. The fraction of sp³-hybridized carbons (Fsp3) is 0.0909. The highest BCUT2D eigenvalue weighted by molar-refractivity contribution is 6.13. The van der Waals surface area contributed by atoms with Crippen LogP contribution in [0, 0.1) is 12.7 Å². The van der Waals surface area contributed by atoms with Crippen LogP contribution in [0.25, 0.3) is 11.8 Å². The largest absolute Gasteiger partial charge is 0.329 e. The molecular formula is C22H18FN3O2. The molecule has 3 amide bonds. The molecule has 2 heterocycles. The number of aromatic nitrogens is 1. The van der Waals surface area contributed by atoms with Crippen molar-refractivity contribution in [2.24, 2.45) is 0 Å². The first kappa shape index (κ1) is 17.7. The van der Waals surface area contributed by atoms with Crippen LogP contribution in [0.1, 0.15) is 16.8 Å². The maximum absolute atomic E-state index is 14.1. The predicted molar refractivity (Wildman–Crippen MR) is 104 cm³/mol. The van der Waals surface area contributed by atoms with Crippen LogP contribution in [0.4, 0.5) is 9.18 Å². The molecule has 1 aromatic heterocycles. The molecule has 3 aromatic rings. The molecule has 0 unspecified atom stereocenters. The van der Waals surface area contributed by atoms with E-state index in [4.69, 9.17) is 0 Å². The van der Waals surface area contributed by atoms with Gasteiger partial charge in [0.05, 0.1) is 12.2 Å². The van der Waals surface area contributed by atoms with Crippen molar-refractivity contribution in [1.82, 2.24) is 14.8 Å². The van der Waals surface area contributed by atoms with Crippen molar-refractivity contribution in [3.05, 3.63) is 95.2 Å². The molecule has 1 aliphatic heterocycles. The van der Waals surface area contributed by atoms with Gasteiger partial charge >= 0.3 is 6.03 Å². The van der Waals surface area contributed by atoms with Crippen molar-refractivity contribution < 1.29 is 14.0 Å². The maximum atomic E-state index is 14.1. The van der Waals surface area contributed by atoms with Crippen molar-refractivity contribution >= 4 is 18.0 Å². The molecule has 0 aliphatic carbocycles. The number of aryl methyl sites for hydroxylation is 1. The molecule has 1 N–H and O–H groups in total. The average molecular weight is 375 g/mol. The second-order valence-electron chi connectivity index (χ2n) is 6.62. The van der Waals surface area contributed by atoms with E-state index in [1.54, 1.807) is 47.2 Å². The molecule has 5 nitrogen and oxygen atoms in total. The summed E-state index contributed by atoms with van der Waals surface area (Å²) in [5.74, 6) is -0.783. The summed E-state index contributed by atoms with van der Waals surface area (Å²) in [6.07, 6.45) is 3.26. The number of carbonyl (C=O) groups excluding carboxylic acids is 2. The van der Waals surface area contributed by atoms with Gasteiger partial charge in [-0.05, 0) is 42.8 Å². The molecule has 28 heavy (non-hydrogen) atoms. The number of urea groups is 1. The van der Waals surface area contributed by atoms with Crippen molar-refractivity contribution in [3.63, 3.8) is 0 Å². The number of nitrogens with one attached hydrogen (secondary N) is 1. The quantitative estimate of drug-likeness (QED) is 0.553. The lowest BCUT2D eigenvalue weighted by Gasteiger charge is -2.12. The van der Waals surface area contributed by atoms with E-state index in [-0.39, 0.29) is 18.1 Å². The zero-order valence-corrected chi connectivity index (χ0v) is 15.2. The number of para-hydroxylation sites is 1. The number of rotatable bonds is 4. The van der Waals surface area contributed by atoms with E-state index >= 15 is 0 Å². The summed E-state index contributed by atoms with van der Waals surface area (Å²) in [6.45, 7) is 2.15. The maximum Gasteiger partial charge on any atom is 0.329 e. The smallest absolute Gasteiger partial charge is 0.314 e. The minimum Gasteiger partial charge on any atom is -0.314 e. The third kappa shape index (κ3) is 3.32. The van der Waals surface area contributed by atoms with Gasteiger partial charge in [-0.25, -0.2) is 9.18 Å². The number of halogens is 1. The monoisotopic (exact) mass is 375 g/mol. The van der Waals surface area contributed by atoms with Gasteiger partial charge in [0.15, 0.2) is 0 Å². The Morgan fingerprint density at radius 3 is 2.64 bits per heavy atom. The third-order valence-corrected chi connectivity index (χ3v) is 4.57. The van der Waals surface area contributed by atoms with Gasteiger partial charge in [-0.15, -0.1) is 0 Å². The predicted octanol–water partition coefficient (Wildman–Crippen LogP) is 4.02. The molecule has 0 radical (unpaired) electrons. The first-order chi connectivity index (χ1) is 13.5. The Kier molecular flexibility index (Phi) is 4.53. The van der Waals surface area contributed by atoms with Gasteiger partial charge in [0.1, 0.15) is 11.5 Å². The second-order valence-corrected chi connectivity index (χ2v) is 6.62. The zero-order chi connectivity index (χ0) is 19.7. The highest BCUT2D eigenvalue weighted by Gasteiger charge is 2.33. The van der Waals surface area contributed by atoms with Crippen LogP contribution in [0.15, 0.2) is 72.6 Å². The van der Waals surface area contributed by atoms with E-state index in [1.165, 1.54) is 6.07 Å². The fourth-order valence-corrected chi connectivity index (χ4v) is 3.23. The Morgan fingerprint density at radius 2 is 1.86 bits per heavy atom. The van der Waals surface area contributed by atoms with Crippen LogP contribution in [0.5, 0.6) is 0 Å². The van der Waals surface area contributed by atoms with Crippen molar-refractivity contribution in [1.29, 1.82) is 0 Å². The van der Waals surface area contributed by atoms with E-state index in [0.29, 0.717) is 11.4 Å². The van der Waals surface area contributed by atoms with Crippen LogP contribution < -0.4 is 5.32 Å². The molecule has 0 spiro atoms. The normalized spacial score (nSPS) is 15.4.